The lowest BCUT2D eigenvalue weighted by Crippen LogP contribution is -2.14. The molecule has 0 aliphatic rings. The van der Waals surface area contributed by atoms with Crippen LogP contribution in [-0.2, 0) is 0 Å². The quantitative estimate of drug-likeness (QED) is 0.828. The van der Waals surface area contributed by atoms with Gasteiger partial charge in [0.1, 0.15) is 5.69 Å². The van der Waals surface area contributed by atoms with Gasteiger partial charge < -0.3 is 11.1 Å². The SMILES string of the molecule is Cc1cc(Br)c(NC(=O)c2ccc(N)cn2)c(Br)c1. The Bertz CT molecular complexity index is 603. The largest absolute Gasteiger partial charge is 0.397 e. The van der Waals surface area contributed by atoms with E-state index < -0.39 is 0 Å². The molecule has 1 aromatic heterocycles. The molecular formula is C13H11Br2N3O. The summed E-state index contributed by atoms with van der Waals surface area (Å²) >= 11 is 6.85. The fourth-order valence-corrected chi connectivity index (χ4v) is 3.15. The number of rotatable bonds is 2. The molecule has 0 unspecified atom stereocenters. The molecule has 0 bridgehead atoms. The van der Waals surface area contributed by atoms with Gasteiger partial charge in [-0.1, -0.05) is 0 Å². The highest BCUT2D eigenvalue weighted by Crippen LogP contribution is 2.32. The lowest BCUT2D eigenvalue weighted by Gasteiger charge is -2.10. The fourth-order valence-electron chi connectivity index (χ4n) is 1.54. The predicted octanol–water partition coefficient (Wildman–Crippen LogP) is 3.75. The first kappa shape index (κ1) is 14.0. The Balaban J connectivity index is 2.26. The molecule has 3 N–H and O–H groups in total. The number of nitrogens with one attached hydrogen (secondary N) is 1. The molecular weight excluding hydrogens is 374 g/mol. The van der Waals surface area contributed by atoms with Crippen molar-refractivity contribution in [2.45, 2.75) is 6.92 Å². The van der Waals surface area contributed by atoms with E-state index in [0.717, 1.165) is 14.5 Å². The maximum Gasteiger partial charge on any atom is 0.274 e. The number of aryl methyl sites for hydroxylation is 1. The Kier molecular flexibility index (Phi) is 4.21. The van der Waals surface area contributed by atoms with Crippen molar-refractivity contribution in [3.05, 3.63) is 50.7 Å². The molecule has 1 heterocycles. The van der Waals surface area contributed by atoms with Gasteiger partial charge in [0, 0.05) is 8.95 Å². The Morgan fingerprint density at radius 2 is 1.89 bits per heavy atom. The summed E-state index contributed by atoms with van der Waals surface area (Å²) in [6, 6.07) is 7.08. The molecule has 0 atom stereocenters. The molecule has 1 aromatic carbocycles. The van der Waals surface area contributed by atoms with Crippen LogP contribution in [0, 0.1) is 6.92 Å². The van der Waals surface area contributed by atoms with Crippen LogP contribution in [-0.4, -0.2) is 10.9 Å². The molecule has 19 heavy (non-hydrogen) atoms. The first-order valence-electron chi connectivity index (χ1n) is 5.46. The number of nitrogens with zero attached hydrogens (tertiary/aromatic N) is 1. The van der Waals surface area contributed by atoms with Crippen LogP contribution < -0.4 is 11.1 Å². The van der Waals surface area contributed by atoms with E-state index in [2.05, 4.69) is 42.2 Å². The van der Waals surface area contributed by atoms with Crippen LogP contribution in [0.4, 0.5) is 11.4 Å². The normalized spacial score (nSPS) is 10.3. The number of hydrogen-bond acceptors (Lipinski definition) is 3. The number of aromatic nitrogens is 1. The van der Waals surface area contributed by atoms with Crippen molar-refractivity contribution in [1.82, 2.24) is 4.98 Å². The van der Waals surface area contributed by atoms with Crippen LogP contribution >= 0.6 is 31.9 Å². The van der Waals surface area contributed by atoms with Gasteiger partial charge in [-0.3, -0.25) is 4.79 Å². The molecule has 0 spiro atoms. The summed E-state index contributed by atoms with van der Waals surface area (Å²) in [6.07, 6.45) is 1.45. The zero-order chi connectivity index (χ0) is 14.0. The summed E-state index contributed by atoms with van der Waals surface area (Å²) < 4.78 is 1.62. The van der Waals surface area contributed by atoms with Crippen molar-refractivity contribution in [3.63, 3.8) is 0 Å². The van der Waals surface area contributed by atoms with Gasteiger partial charge in [0.2, 0.25) is 0 Å². The van der Waals surface area contributed by atoms with E-state index >= 15 is 0 Å². The summed E-state index contributed by atoms with van der Waals surface area (Å²) in [5.41, 5.74) is 8.13. The second-order valence-electron chi connectivity index (χ2n) is 4.03. The molecule has 1 amide bonds. The number of nitrogen functional groups attached to an aromatic ring is 1. The Hall–Kier alpha value is -1.40. The van der Waals surface area contributed by atoms with Gasteiger partial charge in [-0.05, 0) is 68.6 Å². The van der Waals surface area contributed by atoms with Gasteiger partial charge in [-0.25, -0.2) is 4.98 Å². The molecule has 2 aromatic rings. The molecule has 0 fully saturated rings. The zero-order valence-electron chi connectivity index (χ0n) is 10.1. The van der Waals surface area contributed by atoms with Crippen LogP contribution in [0.3, 0.4) is 0 Å². The van der Waals surface area contributed by atoms with Gasteiger partial charge in [0.25, 0.3) is 5.91 Å². The fraction of sp³-hybridized carbons (Fsp3) is 0.0769. The molecule has 0 saturated heterocycles. The van der Waals surface area contributed by atoms with Crippen molar-refractivity contribution in [1.29, 1.82) is 0 Å². The minimum atomic E-state index is -0.287. The van der Waals surface area contributed by atoms with Crippen molar-refractivity contribution in [2.24, 2.45) is 0 Å². The molecule has 0 aliphatic carbocycles. The Labute approximate surface area is 127 Å². The number of amides is 1. The second kappa shape index (κ2) is 5.71. The molecule has 4 nitrogen and oxygen atoms in total. The minimum Gasteiger partial charge on any atom is -0.397 e. The smallest absolute Gasteiger partial charge is 0.274 e. The first-order valence-corrected chi connectivity index (χ1v) is 7.04. The van der Waals surface area contributed by atoms with Gasteiger partial charge >= 0.3 is 0 Å². The van der Waals surface area contributed by atoms with Crippen LogP contribution in [0.5, 0.6) is 0 Å². The summed E-state index contributed by atoms with van der Waals surface area (Å²) in [5, 5.41) is 2.81. The summed E-state index contributed by atoms with van der Waals surface area (Å²) in [6.45, 7) is 1.97. The summed E-state index contributed by atoms with van der Waals surface area (Å²) in [7, 11) is 0. The van der Waals surface area contributed by atoms with Crippen molar-refractivity contribution >= 4 is 49.1 Å². The first-order chi connectivity index (χ1) is 8.97. The number of anilines is 2. The number of nitrogens with two attached hydrogens (primary N) is 1. The lowest BCUT2D eigenvalue weighted by molar-refractivity contribution is 0.102. The maximum atomic E-state index is 12.1. The maximum absolute atomic E-state index is 12.1. The Morgan fingerprint density at radius 1 is 1.26 bits per heavy atom. The third-order valence-electron chi connectivity index (χ3n) is 2.44. The van der Waals surface area contributed by atoms with E-state index in [1.807, 2.05) is 19.1 Å². The van der Waals surface area contributed by atoms with E-state index in [0.29, 0.717) is 17.1 Å². The van der Waals surface area contributed by atoms with Crippen LogP contribution in [0.2, 0.25) is 0 Å². The van der Waals surface area contributed by atoms with Gasteiger partial charge in [0.15, 0.2) is 0 Å². The van der Waals surface area contributed by atoms with Gasteiger partial charge in [-0.2, -0.15) is 0 Å². The topological polar surface area (TPSA) is 68.0 Å². The minimum absolute atomic E-state index is 0.287. The van der Waals surface area contributed by atoms with Crippen molar-refractivity contribution in [3.8, 4) is 0 Å². The molecule has 0 saturated carbocycles. The molecule has 98 valence electrons. The average molecular weight is 385 g/mol. The molecule has 0 radical (unpaired) electrons. The highest BCUT2D eigenvalue weighted by molar-refractivity contribution is 9.11. The summed E-state index contributed by atoms with van der Waals surface area (Å²) in [5.74, 6) is -0.287. The van der Waals surface area contributed by atoms with E-state index in [1.54, 1.807) is 12.1 Å². The number of benzene rings is 1. The number of carbonyl (C=O) groups excluding carboxylic acids is 1. The van der Waals surface area contributed by atoms with Crippen molar-refractivity contribution in [2.75, 3.05) is 11.1 Å². The van der Waals surface area contributed by atoms with E-state index in [-0.39, 0.29) is 5.91 Å². The van der Waals surface area contributed by atoms with E-state index in [9.17, 15) is 4.79 Å². The average Bonchev–Trinajstić information content (AvgIpc) is 2.34. The van der Waals surface area contributed by atoms with Crippen molar-refractivity contribution < 1.29 is 4.79 Å². The second-order valence-corrected chi connectivity index (χ2v) is 5.74. The van der Waals surface area contributed by atoms with Gasteiger partial charge in [0.05, 0.1) is 17.6 Å². The third-order valence-corrected chi connectivity index (χ3v) is 3.69. The highest BCUT2D eigenvalue weighted by atomic mass is 79.9. The molecule has 6 heteroatoms. The Morgan fingerprint density at radius 3 is 2.42 bits per heavy atom. The highest BCUT2D eigenvalue weighted by Gasteiger charge is 2.12. The number of carbonyl (C=O) groups is 1. The molecule has 2 rings (SSSR count). The zero-order valence-corrected chi connectivity index (χ0v) is 13.2. The van der Waals surface area contributed by atoms with Gasteiger partial charge in [-0.15, -0.1) is 0 Å². The number of halogens is 2. The lowest BCUT2D eigenvalue weighted by atomic mass is 10.2. The van der Waals surface area contributed by atoms with Crippen LogP contribution in [0.1, 0.15) is 16.1 Å². The van der Waals surface area contributed by atoms with Crippen LogP contribution in [0.25, 0.3) is 0 Å². The standard InChI is InChI=1S/C13H11Br2N3O/c1-7-4-9(14)12(10(15)5-7)18-13(19)11-3-2-8(16)6-17-11/h2-6H,16H2,1H3,(H,18,19). The number of pyridine rings is 1. The van der Waals surface area contributed by atoms with E-state index in [1.165, 1.54) is 6.20 Å². The summed E-state index contributed by atoms with van der Waals surface area (Å²) in [4.78, 5) is 16.0. The third kappa shape index (κ3) is 3.33. The molecule has 0 aliphatic heterocycles. The predicted molar refractivity (Wildman–Crippen MR) is 83.2 cm³/mol. The van der Waals surface area contributed by atoms with Crippen LogP contribution in [0.15, 0.2) is 39.4 Å². The number of hydrogen-bond donors (Lipinski definition) is 2. The van der Waals surface area contributed by atoms with E-state index in [4.69, 9.17) is 5.73 Å². The monoisotopic (exact) mass is 383 g/mol.